The number of hydrogen-bond donors (Lipinski definition) is 2. The van der Waals surface area contributed by atoms with Gasteiger partial charge in [-0.05, 0) is 29.8 Å². The summed E-state index contributed by atoms with van der Waals surface area (Å²) in [6.07, 6.45) is 0. The zero-order valence-corrected chi connectivity index (χ0v) is 11.2. The van der Waals surface area contributed by atoms with E-state index >= 15 is 0 Å². The van der Waals surface area contributed by atoms with Gasteiger partial charge in [0.2, 0.25) is 0 Å². The van der Waals surface area contributed by atoms with Crippen molar-refractivity contribution in [3.8, 4) is 6.07 Å². The van der Waals surface area contributed by atoms with Gasteiger partial charge in [-0.2, -0.15) is 5.26 Å². The van der Waals surface area contributed by atoms with Crippen LogP contribution < -0.4 is 10.6 Å². The van der Waals surface area contributed by atoms with Gasteiger partial charge in [-0.25, -0.2) is 0 Å². The Morgan fingerprint density at radius 1 is 1.15 bits per heavy atom. The molecular formula is C16H15N3O. The SMILES string of the molecule is CNc1ccccc1C(=O)NCc1ccc(C#N)cc1. The highest BCUT2D eigenvalue weighted by Crippen LogP contribution is 2.14. The molecule has 2 rings (SSSR count). The maximum atomic E-state index is 12.1. The lowest BCUT2D eigenvalue weighted by Gasteiger charge is -2.09. The zero-order valence-electron chi connectivity index (χ0n) is 11.2. The second kappa shape index (κ2) is 6.39. The maximum absolute atomic E-state index is 12.1. The minimum atomic E-state index is -0.126. The first-order valence-corrected chi connectivity index (χ1v) is 6.28. The van der Waals surface area contributed by atoms with E-state index in [4.69, 9.17) is 5.26 Å². The molecule has 0 saturated heterocycles. The van der Waals surface area contributed by atoms with E-state index < -0.39 is 0 Å². The first-order valence-electron chi connectivity index (χ1n) is 6.28. The highest BCUT2D eigenvalue weighted by molar-refractivity contribution is 5.99. The van der Waals surface area contributed by atoms with Gasteiger partial charge in [0.1, 0.15) is 0 Å². The first kappa shape index (κ1) is 13.6. The number of carbonyl (C=O) groups excluding carboxylic acids is 1. The number of para-hydroxylation sites is 1. The molecule has 0 atom stereocenters. The van der Waals surface area contributed by atoms with Crippen molar-refractivity contribution in [1.29, 1.82) is 5.26 Å². The summed E-state index contributed by atoms with van der Waals surface area (Å²) in [5, 5.41) is 14.6. The molecule has 2 aromatic rings. The molecule has 0 bridgehead atoms. The van der Waals surface area contributed by atoms with Gasteiger partial charge >= 0.3 is 0 Å². The van der Waals surface area contributed by atoms with Gasteiger partial charge in [0.25, 0.3) is 5.91 Å². The van der Waals surface area contributed by atoms with Crippen LogP contribution in [0.4, 0.5) is 5.69 Å². The molecule has 0 aliphatic carbocycles. The van der Waals surface area contributed by atoms with Gasteiger partial charge in [-0.15, -0.1) is 0 Å². The molecule has 20 heavy (non-hydrogen) atoms. The Morgan fingerprint density at radius 3 is 2.50 bits per heavy atom. The quantitative estimate of drug-likeness (QED) is 0.892. The highest BCUT2D eigenvalue weighted by Gasteiger charge is 2.09. The molecule has 0 aliphatic heterocycles. The summed E-state index contributed by atoms with van der Waals surface area (Å²) < 4.78 is 0. The predicted octanol–water partition coefficient (Wildman–Crippen LogP) is 2.53. The van der Waals surface area contributed by atoms with E-state index in [0.29, 0.717) is 17.7 Å². The van der Waals surface area contributed by atoms with Crippen LogP contribution in [0.3, 0.4) is 0 Å². The third-order valence-corrected chi connectivity index (χ3v) is 2.98. The van der Waals surface area contributed by atoms with Gasteiger partial charge in [0.05, 0.1) is 17.2 Å². The number of amides is 1. The summed E-state index contributed by atoms with van der Waals surface area (Å²) in [6, 6.07) is 16.6. The third kappa shape index (κ3) is 3.15. The summed E-state index contributed by atoms with van der Waals surface area (Å²) in [7, 11) is 1.78. The summed E-state index contributed by atoms with van der Waals surface area (Å²) in [5.41, 5.74) is 2.98. The molecule has 100 valence electrons. The highest BCUT2D eigenvalue weighted by atomic mass is 16.1. The molecular weight excluding hydrogens is 250 g/mol. The molecule has 0 heterocycles. The molecule has 1 amide bonds. The first-order chi connectivity index (χ1) is 9.74. The molecule has 0 spiro atoms. The van der Waals surface area contributed by atoms with Crippen LogP contribution in [0.15, 0.2) is 48.5 Å². The third-order valence-electron chi connectivity index (χ3n) is 2.98. The topological polar surface area (TPSA) is 64.9 Å². The fourth-order valence-corrected chi connectivity index (χ4v) is 1.87. The van der Waals surface area contributed by atoms with E-state index in [-0.39, 0.29) is 5.91 Å². The number of hydrogen-bond acceptors (Lipinski definition) is 3. The van der Waals surface area contributed by atoms with Crippen LogP contribution in [0.2, 0.25) is 0 Å². The number of nitriles is 1. The fraction of sp³-hybridized carbons (Fsp3) is 0.125. The van der Waals surface area contributed by atoms with Crippen LogP contribution in [0, 0.1) is 11.3 Å². The van der Waals surface area contributed by atoms with Crippen LogP contribution in [0.5, 0.6) is 0 Å². The summed E-state index contributed by atoms with van der Waals surface area (Å²) in [4.78, 5) is 12.1. The lowest BCUT2D eigenvalue weighted by atomic mass is 10.1. The molecule has 0 radical (unpaired) electrons. The lowest BCUT2D eigenvalue weighted by molar-refractivity contribution is 0.0951. The zero-order chi connectivity index (χ0) is 14.4. The van der Waals surface area contributed by atoms with E-state index in [1.165, 1.54) is 0 Å². The number of nitrogens with zero attached hydrogens (tertiary/aromatic N) is 1. The van der Waals surface area contributed by atoms with Crippen LogP contribution in [-0.4, -0.2) is 13.0 Å². The van der Waals surface area contributed by atoms with Crippen molar-refractivity contribution in [3.63, 3.8) is 0 Å². The summed E-state index contributed by atoms with van der Waals surface area (Å²) >= 11 is 0. The Balaban J connectivity index is 2.03. The number of rotatable bonds is 4. The van der Waals surface area contributed by atoms with Crippen molar-refractivity contribution in [2.75, 3.05) is 12.4 Å². The molecule has 0 saturated carbocycles. The molecule has 0 fully saturated rings. The van der Waals surface area contributed by atoms with Crippen molar-refractivity contribution in [3.05, 3.63) is 65.2 Å². The predicted molar refractivity (Wildman–Crippen MR) is 78.3 cm³/mol. The Bertz CT molecular complexity index is 642. The fourth-order valence-electron chi connectivity index (χ4n) is 1.87. The summed E-state index contributed by atoms with van der Waals surface area (Å²) in [5.74, 6) is -0.126. The Kier molecular flexibility index (Phi) is 4.35. The average Bonchev–Trinajstić information content (AvgIpc) is 2.53. The van der Waals surface area contributed by atoms with Crippen LogP contribution in [0.1, 0.15) is 21.5 Å². The Hall–Kier alpha value is -2.80. The summed E-state index contributed by atoms with van der Waals surface area (Å²) in [6.45, 7) is 0.433. The minimum Gasteiger partial charge on any atom is -0.387 e. The smallest absolute Gasteiger partial charge is 0.253 e. The van der Waals surface area contributed by atoms with E-state index in [9.17, 15) is 4.79 Å². The lowest BCUT2D eigenvalue weighted by Crippen LogP contribution is -2.23. The van der Waals surface area contributed by atoms with Crippen LogP contribution >= 0.6 is 0 Å². The van der Waals surface area contributed by atoms with Crippen molar-refractivity contribution in [2.24, 2.45) is 0 Å². The van der Waals surface area contributed by atoms with E-state index in [1.54, 1.807) is 25.2 Å². The minimum absolute atomic E-state index is 0.126. The van der Waals surface area contributed by atoms with E-state index in [2.05, 4.69) is 16.7 Å². The van der Waals surface area contributed by atoms with Gasteiger partial charge in [0, 0.05) is 19.3 Å². The average molecular weight is 265 g/mol. The van der Waals surface area contributed by atoms with E-state index in [0.717, 1.165) is 11.3 Å². The monoisotopic (exact) mass is 265 g/mol. The van der Waals surface area contributed by atoms with E-state index in [1.807, 2.05) is 30.3 Å². The molecule has 2 N–H and O–H groups in total. The van der Waals surface area contributed by atoms with Gasteiger partial charge in [0.15, 0.2) is 0 Å². The van der Waals surface area contributed by atoms with Crippen molar-refractivity contribution in [1.82, 2.24) is 5.32 Å². The standard InChI is InChI=1S/C16H15N3O/c1-18-15-5-3-2-4-14(15)16(20)19-11-13-8-6-12(10-17)7-9-13/h2-9,18H,11H2,1H3,(H,19,20). The van der Waals surface area contributed by atoms with Crippen molar-refractivity contribution < 1.29 is 4.79 Å². The van der Waals surface area contributed by atoms with Gasteiger partial charge < -0.3 is 10.6 Å². The van der Waals surface area contributed by atoms with Gasteiger partial charge in [-0.3, -0.25) is 4.79 Å². The second-order valence-electron chi connectivity index (χ2n) is 4.29. The maximum Gasteiger partial charge on any atom is 0.253 e. The normalized spacial score (nSPS) is 9.60. The number of benzene rings is 2. The van der Waals surface area contributed by atoms with Crippen LogP contribution in [0.25, 0.3) is 0 Å². The van der Waals surface area contributed by atoms with Gasteiger partial charge in [-0.1, -0.05) is 24.3 Å². The Morgan fingerprint density at radius 2 is 1.85 bits per heavy atom. The molecule has 4 heteroatoms. The van der Waals surface area contributed by atoms with Crippen molar-refractivity contribution >= 4 is 11.6 Å². The number of anilines is 1. The molecule has 0 unspecified atom stereocenters. The molecule has 2 aromatic carbocycles. The second-order valence-corrected chi connectivity index (χ2v) is 4.29. The Labute approximate surface area is 118 Å². The molecule has 0 aliphatic rings. The molecule has 0 aromatic heterocycles. The largest absolute Gasteiger partial charge is 0.387 e. The number of nitrogens with one attached hydrogen (secondary N) is 2. The molecule has 4 nitrogen and oxygen atoms in total. The van der Waals surface area contributed by atoms with Crippen molar-refractivity contribution in [2.45, 2.75) is 6.54 Å². The van der Waals surface area contributed by atoms with Crippen LogP contribution in [-0.2, 0) is 6.54 Å². The number of carbonyl (C=O) groups is 1.